The summed E-state index contributed by atoms with van der Waals surface area (Å²) >= 11 is 0. The molecule has 152 valence electrons. The molecule has 0 aliphatic heterocycles. The smallest absolute Gasteiger partial charge is 0.312 e. The summed E-state index contributed by atoms with van der Waals surface area (Å²) in [6, 6.07) is 0. The normalized spacial score (nSPS) is 48.1. The maximum absolute atomic E-state index is 13.0. The highest BCUT2D eigenvalue weighted by atomic mass is 16.7. The van der Waals surface area contributed by atoms with Crippen LogP contribution < -0.4 is 0 Å². The highest BCUT2D eigenvalue weighted by Gasteiger charge is 2.71. The number of fused-ring (bicyclic) bond motifs is 9. The number of carboxylic acids is 1. The van der Waals surface area contributed by atoms with Gasteiger partial charge >= 0.3 is 11.9 Å². The third kappa shape index (κ3) is 2.83. The molecule has 0 radical (unpaired) electrons. The van der Waals surface area contributed by atoms with E-state index in [-0.39, 0.29) is 17.8 Å². The van der Waals surface area contributed by atoms with Gasteiger partial charge in [0.15, 0.2) is 6.29 Å². The molecule has 4 aliphatic carbocycles. The van der Waals surface area contributed by atoms with Gasteiger partial charge in [0.25, 0.3) is 0 Å². The van der Waals surface area contributed by atoms with Crippen LogP contribution in [0.5, 0.6) is 0 Å². The van der Waals surface area contributed by atoms with Crippen molar-refractivity contribution in [1.29, 1.82) is 0 Å². The number of carboxylic acid groups (broad SMARTS) is 1. The second-order valence-electron chi connectivity index (χ2n) is 10.1. The van der Waals surface area contributed by atoms with Gasteiger partial charge in [-0.3, -0.25) is 9.59 Å². The first-order valence-corrected chi connectivity index (χ1v) is 10.8. The molecule has 4 fully saturated rings. The molecule has 27 heavy (non-hydrogen) atoms. The predicted molar refractivity (Wildman–Crippen MR) is 99.5 cm³/mol. The SMILES string of the molecule is CC(C)COC(C)OC(=O)C1C2CC(C1C(=O)O)C1C3CC(C(C)C3C)C21. The Hall–Kier alpha value is -1.10. The van der Waals surface area contributed by atoms with Crippen LogP contribution >= 0.6 is 0 Å². The van der Waals surface area contributed by atoms with E-state index in [9.17, 15) is 14.7 Å². The van der Waals surface area contributed by atoms with Gasteiger partial charge in [-0.2, -0.15) is 0 Å². The van der Waals surface area contributed by atoms with Gasteiger partial charge < -0.3 is 14.6 Å². The van der Waals surface area contributed by atoms with E-state index < -0.39 is 24.1 Å². The van der Waals surface area contributed by atoms with Crippen molar-refractivity contribution < 1.29 is 24.2 Å². The zero-order chi connectivity index (χ0) is 19.6. The Morgan fingerprint density at radius 1 is 0.926 bits per heavy atom. The molecule has 4 bridgehead atoms. The van der Waals surface area contributed by atoms with E-state index in [2.05, 4.69) is 13.8 Å². The van der Waals surface area contributed by atoms with Crippen LogP contribution in [0.15, 0.2) is 0 Å². The van der Waals surface area contributed by atoms with Crippen LogP contribution in [-0.4, -0.2) is 29.9 Å². The Kier molecular flexibility index (Phi) is 4.81. The topological polar surface area (TPSA) is 72.8 Å². The minimum Gasteiger partial charge on any atom is -0.481 e. The third-order valence-electron chi connectivity index (χ3n) is 8.50. The molecule has 0 aromatic rings. The van der Waals surface area contributed by atoms with Gasteiger partial charge in [-0.25, -0.2) is 0 Å². The Morgan fingerprint density at radius 3 is 1.96 bits per heavy atom. The van der Waals surface area contributed by atoms with Gasteiger partial charge in [-0.15, -0.1) is 0 Å². The predicted octanol–water partition coefficient (Wildman–Crippen LogP) is 3.67. The summed E-state index contributed by atoms with van der Waals surface area (Å²) in [5.41, 5.74) is 0. The molecule has 4 aliphatic rings. The summed E-state index contributed by atoms with van der Waals surface area (Å²) in [6.07, 6.45) is 1.50. The van der Waals surface area contributed by atoms with E-state index in [4.69, 9.17) is 9.47 Å². The molecule has 0 saturated heterocycles. The number of rotatable bonds is 6. The van der Waals surface area contributed by atoms with Gasteiger partial charge in [-0.1, -0.05) is 27.7 Å². The summed E-state index contributed by atoms with van der Waals surface area (Å²) in [7, 11) is 0. The highest BCUT2D eigenvalue weighted by molar-refractivity contribution is 5.83. The van der Waals surface area contributed by atoms with E-state index in [1.165, 1.54) is 6.42 Å². The molecule has 5 heteroatoms. The van der Waals surface area contributed by atoms with Crippen LogP contribution in [0.25, 0.3) is 0 Å². The van der Waals surface area contributed by atoms with Crippen molar-refractivity contribution in [1.82, 2.24) is 0 Å². The standard InChI is InChI=1S/C22H34O5/c1-9(2)8-26-12(5)27-22(25)20-16-7-15(19(20)21(23)24)17-13-6-14(18(16)17)11(4)10(13)3/h9-20H,6-8H2,1-5H3,(H,23,24). The average Bonchev–Trinajstić information content (AvgIpc) is 3.31. The van der Waals surface area contributed by atoms with Gasteiger partial charge in [0.05, 0.1) is 18.4 Å². The molecular formula is C22H34O5. The summed E-state index contributed by atoms with van der Waals surface area (Å²) in [4.78, 5) is 25.1. The van der Waals surface area contributed by atoms with E-state index in [1.807, 2.05) is 13.8 Å². The highest BCUT2D eigenvalue weighted by Crippen LogP contribution is 2.72. The van der Waals surface area contributed by atoms with Crippen molar-refractivity contribution in [3.05, 3.63) is 0 Å². The number of carbonyl (C=O) groups is 2. The Bertz CT molecular complexity index is 616. The number of aliphatic carboxylic acids is 1. The van der Waals surface area contributed by atoms with Crippen LogP contribution in [0.2, 0.25) is 0 Å². The van der Waals surface area contributed by atoms with Crippen LogP contribution in [0.4, 0.5) is 0 Å². The Labute approximate surface area is 162 Å². The lowest BCUT2D eigenvalue weighted by Gasteiger charge is -2.45. The summed E-state index contributed by atoms with van der Waals surface area (Å²) in [5.74, 6) is 2.13. The maximum Gasteiger partial charge on any atom is 0.312 e. The minimum absolute atomic E-state index is 0.145. The number of esters is 1. The number of ether oxygens (including phenoxy) is 2. The first-order chi connectivity index (χ1) is 12.7. The van der Waals surface area contributed by atoms with E-state index in [0.717, 1.165) is 6.42 Å². The van der Waals surface area contributed by atoms with E-state index in [1.54, 1.807) is 6.92 Å². The van der Waals surface area contributed by atoms with Crippen LogP contribution in [0.1, 0.15) is 47.5 Å². The number of hydrogen-bond donors (Lipinski definition) is 1. The summed E-state index contributed by atoms with van der Waals surface area (Å²) < 4.78 is 11.2. The molecule has 4 rings (SSSR count). The maximum atomic E-state index is 13.0. The molecule has 0 spiro atoms. The van der Waals surface area contributed by atoms with Crippen molar-refractivity contribution in [2.24, 2.45) is 65.1 Å². The monoisotopic (exact) mass is 378 g/mol. The minimum atomic E-state index is -0.817. The van der Waals surface area contributed by atoms with Crippen molar-refractivity contribution in [3.63, 3.8) is 0 Å². The van der Waals surface area contributed by atoms with Gasteiger partial charge in [-0.05, 0) is 73.0 Å². The van der Waals surface area contributed by atoms with Crippen molar-refractivity contribution in [3.8, 4) is 0 Å². The number of carbonyl (C=O) groups excluding carboxylic acids is 1. The fourth-order valence-electron chi connectivity index (χ4n) is 7.51. The largest absolute Gasteiger partial charge is 0.481 e. The Balaban J connectivity index is 1.52. The molecule has 0 aromatic carbocycles. The fraction of sp³-hybridized carbons (Fsp3) is 0.909. The Morgan fingerprint density at radius 2 is 1.44 bits per heavy atom. The zero-order valence-corrected chi connectivity index (χ0v) is 17.1. The molecule has 0 aromatic heterocycles. The molecule has 11 unspecified atom stereocenters. The number of hydrogen-bond acceptors (Lipinski definition) is 4. The molecule has 0 amide bonds. The first-order valence-electron chi connectivity index (χ1n) is 10.8. The van der Waals surface area contributed by atoms with Crippen molar-refractivity contribution >= 4 is 11.9 Å². The van der Waals surface area contributed by atoms with Crippen molar-refractivity contribution in [2.45, 2.75) is 53.8 Å². The second kappa shape index (κ2) is 6.75. The first kappa shape index (κ1) is 19.2. The average molecular weight is 379 g/mol. The third-order valence-corrected chi connectivity index (χ3v) is 8.50. The van der Waals surface area contributed by atoms with Crippen LogP contribution in [-0.2, 0) is 19.1 Å². The van der Waals surface area contributed by atoms with Crippen LogP contribution in [0, 0.1) is 65.1 Å². The lowest BCUT2D eigenvalue weighted by molar-refractivity contribution is -0.189. The van der Waals surface area contributed by atoms with Gasteiger partial charge in [0, 0.05) is 0 Å². The quantitative estimate of drug-likeness (QED) is 0.434. The molecule has 4 saturated carbocycles. The van der Waals surface area contributed by atoms with Crippen molar-refractivity contribution in [2.75, 3.05) is 6.61 Å². The molecule has 11 atom stereocenters. The summed E-state index contributed by atoms with van der Waals surface area (Å²) in [5, 5.41) is 9.93. The lowest BCUT2D eigenvalue weighted by Crippen LogP contribution is -2.47. The molecule has 1 N–H and O–H groups in total. The molecular weight excluding hydrogens is 344 g/mol. The molecule has 0 heterocycles. The fourth-order valence-corrected chi connectivity index (χ4v) is 7.51. The van der Waals surface area contributed by atoms with E-state index in [0.29, 0.717) is 48.0 Å². The van der Waals surface area contributed by atoms with Gasteiger partial charge in [0.1, 0.15) is 0 Å². The van der Waals surface area contributed by atoms with E-state index >= 15 is 0 Å². The van der Waals surface area contributed by atoms with Crippen LogP contribution in [0.3, 0.4) is 0 Å². The molecule has 5 nitrogen and oxygen atoms in total. The second-order valence-corrected chi connectivity index (χ2v) is 10.1. The summed E-state index contributed by atoms with van der Waals surface area (Å²) in [6.45, 7) is 11.0. The zero-order valence-electron chi connectivity index (χ0n) is 17.1. The van der Waals surface area contributed by atoms with Gasteiger partial charge in [0.2, 0.25) is 0 Å². The lowest BCUT2D eigenvalue weighted by atomic mass is 9.59.